The van der Waals surface area contributed by atoms with Crippen LogP contribution in [0.25, 0.3) is 0 Å². The molecule has 0 aromatic heterocycles. The fourth-order valence-corrected chi connectivity index (χ4v) is 3.37. The Hall–Kier alpha value is -1.66. The van der Waals surface area contributed by atoms with Gasteiger partial charge in [0.2, 0.25) is 5.91 Å². The number of nitrogens with one attached hydrogen (secondary N) is 1. The standard InChI is InChI=1S/C16H22ClN3O3/c1-10-6-11(2)9-19(8-10)12(3)16(21)18-15-5-4-13(20(22)23)7-14(15)17/h4-5,7,10-12H,6,8-9H2,1-3H3,(H,18,21). The van der Waals surface area contributed by atoms with Crippen molar-refractivity contribution < 1.29 is 9.72 Å². The topological polar surface area (TPSA) is 75.5 Å². The first-order chi connectivity index (χ1) is 10.8. The minimum Gasteiger partial charge on any atom is -0.323 e. The largest absolute Gasteiger partial charge is 0.323 e. The number of carbonyl (C=O) groups is 1. The number of carbonyl (C=O) groups excluding carboxylic acids is 1. The van der Waals surface area contributed by atoms with Gasteiger partial charge >= 0.3 is 0 Å². The Morgan fingerprint density at radius 3 is 2.52 bits per heavy atom. The lowest BCUT2D eigenvalue weighted by Gasteiger charge is -2.38. The molecular formula is C16H22ClN3O3. The smallest absolute Gasteiger partial charge is 0.271 e. The molecule has 0 spiro atoms. The molecule has 0 bridgehead atoms. The molecular weight excluding hydrogens is 318 g/mol. The highest BCUT2D eigenvalue weighted by Crippen LogP contribution is 2.27. The molecule has 1 heterocycles. The van der Waals surface area contributed by atoms with E-state index >= 15 is 0 Å². The van der Waals surface area contributed by atoms with Crippen LogP contribution >= 0.6 is 11.6 Å². The van der Waals surface area contributed by atoms with Crippen molar-refractivity contribution in [3.63, 3.8) is 0 Å². The molecule has 7 heteroatoms. The number of anilines is 1. The number of piperidine rings is 1. The molecule has 3 atom stereocenters. The molecule has 0 radical (unpaired) electrons. The van der Waals surface area contributed by atoms with Gasteiger partial charge in [0.25, 0.3) is 5.69 Å². The number of hydrogen-bond acceptors (Lipinski definition) is 4. The Morgan fingerprint density at radius 2 is 2.00 bits per heavy atom. The molecule has 1 aliphatic heterocycles. The normalized spacial score (nSPS) is 23.3. The fraction of sp³-hybridized carbons (Fsp3) is 0.562. The second-order valence-electron chi connectivity index (χ2n) is 6.49. The first-order valence-corrected chi connectivity index (χ1v) is 8.14. The number of benzene rings is 1. The summed E-state index contributed by atoms with van der Waals surface area (Å²) in [5, 5.41) is 13.7. The Balaban J connectivity index is 2.05. The van der Waals surface area contributed by atoms with E-state index in [0.29, 0.717) is 17.5 Å². The predicted octanol–water partition coefficient (Wildman–Crippen LogP) is 3.55. The van der Waals surface area contributed by atoms with Gasteiger partial charge in [-0.2, -0.15) is 0 Å². The third-order valence-corrected chi connectivity index (χ3v) is 4.56. The maximum Gasteiger partial charge on any atom is 0.271 e. The molecule has 6 nitrogen and oxygen atoms in total. The monoisotopic (exact) mass is 339 g/mol. The third-order valence-electron chi connectivity index (χ3n) is 4.25. The Bertz CT molecular complexity index is 598. The van der Waals surface area contributed by atoms with Crippen molar-refractivity contribution in [3.8, 4) is 0 Å². The summed E-state index contributed by atoms with van der Waals surface area (Å²) in [6.07, 6.45) is 1.18. The minimum absolute atomic E-state index is 0.0975. The van der Waals surface area contributed by atoms with Gasteiger partial charge in [0.15, 0.2) is 0 Å². The summed E-state index contributed by atoms with van der Waals surface area (Å²) >= 11 is 6.02. The first kappa shape index (κ1) is 17.7. The van der Waals surface area contributed by atoms with Crippen LogP contribution in [0.5, 0.6) is 0 Å². The van der Waals surface area contributed by atoms with E-state index in [1.165, 1.54) is 24.6 Å². The lowest BCUT2D eigenvalue weighted by molar-refractivity contribution is -0.384. The minimum atomic E-state index is -0.517. The number of halogens is 1. The van der Waals surface area contributed by atoms with E-state index in [1.807, 2.05) is 6.92 Å². The molecule has 1 aromatic carbocycles. The number of likely N-dealkylation sites (tertiary alicyclic amines) is 1. The lowest BCUT2D eigenvalue weighted by Crippen LogP contribution is -2.48. The predicted molar refractivity (Wildman–Crippen MR) is 90.7 cm³/mol. The van der Waals surface area contributed by atoms with Crippen LogP contribution in [0.15, 0.2) is 18.2 Å². The van der Waals surface area contributed by atoms with Gasteiger partial charge in [-0.05, 0) is 31.2 Å². The number of nitro benzene ring substituents is 1. The summed E-state index contributed by atoms with van der Waals surface area (Å²) in [6.45, 7) is 8.06. The van der Waals surface area contributed by atoms with Crippen molar-refractivity contribution in [3.05, 3.63) is 33.3 Å². The molecule has 1 N–H and O–H groups in total. The SMILES string of the molecule is CC1CC(C)CN(C(C)C(=O)Nc2ccc([N+](=O)[O-])cc2Cl)C1. The van der Waals surface area contributed by atoms with Crippen molar-refractivity contribution in [1.29, 1.82) is 0 Å². The van der Waals surface area contributed by atoms with Crippen LogP contribution in [-0.4, -0.2) is 34.9 Å². The highest BCUT2D eigenvalue weighted by Gasteiger charge is 2.29. The van der Waals surface area contributed by atoms with Crippen LogP contribution < -0.4 is 5.32 Å². The highest BCUT2D eigenvalue weighted by molar-refractivity contribution is 6.34. The second kappa shape index (κ2) is 7.27. The van der Waals surface area contributed by atoms with Crippen molar-refractivity contribution in [2.75, 3.05) is 18.4 Å². The molecule has 3 unspecified atom stereocenters. The van der Waals surface area contributed by atoms with Crippen LogP contribution in [-0.2, 0) is 4.79 Å². The van der Waals surface area contributed by atoms with Crippen LogP contribution in [0.3, 0.4) is 0 Å². The van der Waals surface area contributed by atoms with E-state index in [1.54, 1.807) is 0 Å². The third kappa shape index (κ3) is 4.42. The van der Waals surface area contributed by atoms with Gasteiger partial charge in [-0.3, -0.25) is 19.8 Å². The van der Waals surface area contributed by atoms with Crippen LogP contribution in [0.2, 0.25) is 5.02 Å². The van der Waals surface area contributed by atoms with Crippen molar-refractivity contribution in [1.82, 2.24) is 4.90 Å². The molecule has 1 aliphatic rings. The lowest BCUT2D eigenvalue weighted by atomic mass is 9.91. The molecule has 1 aromatic rings. The number of nitro groups is 1. The maximum atomic E-state index is 12.5. The highest BCUT2D eigenvalue weighted by atomic mass is 35.5. The summed E-state index contributed by atoms with van der Waals surface area (Å²) in [5.41, 5.74) is 0.298. The van der Waals surface area contributed by atoms with Gasteiger partial charge in [-0.1, -0.05) is 25.4 Å². The summed E-state index contributed by atoms with van der Waals surface area (Å²) in [5.74, 6) is 0.982. The average Bonchev–Trinajstić information content (AvgIpc) is 2.47. The van der Waals surface area contributed by atoms with Crippen LogP contribution in [0.4, 0.5) is 11.4 Å². The summed E-state index contributed by atoms with van der Waals surface area (Å²) in [7, 11) is 0. The zero-order valence-electron chi connectivity index (χ0n) is 13.6. The van der Waals surface area contributed by atoms with Crippen LogP contribution in [0.1, 0.15) is 27.2 Å². The molecule has 126 valence electrons. The zero-order chi connectivity index (χ0) is 17.1. The molecule has 1 saturated heterocycles. The summed E-state index contributed by atoms with van der Waals surface area (Å²) < 4.78 is 0. The van der Waals surface area contributed by atoms with Gasteiger partial charge in [0.05, 0.1) is 21.7 Å². The van der Waals surface area contributed by atoms with E-state index in [-0.39, 0.29) is 22.7 Å². The number of non-ortho nitro benzene ring substituents is 1. The quantitative estimate of drug-likeness (QED) is 0.672. The number of rotatable bonds is 4. The molecule has 0 aliphatic carbocycles. The number of amides is 1. The van der Waals surface area contributed by atoms with Crippen molar-refractivity contribution in [2.24, 2.45) is 11.8 Å². The van der Waals surface area contributed by atoms with Crippen LogP contribution in [0, 0.1) is 22.0 Å². The van der Waals surface area contributed by atoms with E-state index in [0.717, 1.165) is 13.1 Å². The van der Waals surface area contributed by atoms with E-state index in [9.17, 15) is 14.9 Å². The average molecular weight is 340 g/mol. The molecule has 2 rings (SSSR count). The van der Waals surface area contributed by atoms with Gasteiger partial charge in [0, 0.05) is 25.2 Å². The first-order valence-electron chi connectivity index (χ1n) is 7.76. The molecule has 0 saturated carbocycles. The number of nitrogens with zero attached hydrogens (tertiary/aromatic N) is 2. The Morgan fingerprint density at radius 1 is 1.39 bits per heavy atom. The molecule has 1 fully saturated rings. The van der Waals surface area contributed by atoms with E-state index < -0.39 is 4.92 Å². The molecule has 1 amide bonds. The van der Waals surface area contributed by atoms with Gasteiger partial charge < -0.3 is 5.32 Å². The molecule has 23 heavy (non-hydrogen) atoms. The van der Waals surface area contributed by atoms with Gasteiger partial charge in [-0.15, -0.1) is 0 Å². The van der Waals surface area contributed by atoms with Crippen molar-refractivity contribution in [2.45, 2.75) is 33.2 Å². The van der Waals surface area contributed by atoms with E-state index in [4.69, 9.17) is 11.6 Å². The summed E-state index contributed by atoms with van der Waals surface area (Å²) in [4.78, 5) is 24.8. The second-order valence-corrected chi connectivity index (χ2v) is 6.89. The summed E-state index contributed by atoms with van der Waals surface area (Å²) in [6, 6.07) is 3.77. The Kier molecular flexibility index (Phi) is 5.59. The number of hydrogen-bond donors (Lipinski definition) is 1. The fourth-order valence-electron chi connectivity index (χ4n) is 3.15. The zero-order valence-corrected chi connectivity index (χ0v) is 14.3. The van der Waals surface area contributed by atoms with Crippen molar-refractivity contribution >= 4 is 28.9 Å². The van der Waals surface area contributed by atoms with Gasteiger partial charge in [-0.25, -0.2) is 0 Å². The van der Waals surface area contributed by atoms with E-state index in [2.05, 4.69) is 24.1 Å². The van der Waals surface area contributed by atoms with Gasteiger partial charge in [0.1, 0.15) is 0 Å². The Labute approximate surface area is 141 Å². The maximum absolute atomic E-state index is 12.5.